The van der Waals surface area contributed by atoms with Crippen LogP contribution >= 0.6 is 0 Å². The molecule has 21 heavy (non-hydrogen) atoms. The van der Waals surface area contributed by atoms with Gasteiger partial charge in [-0.15, -0.1) is 0 Å². The Kier molecular flexibility index (Phi) is 6.72. The zero-order chi connectivity index (χ0) is 15.8. The summed E-state index contributed by atoms with van der Waals surface area (Å²) < 4.78 is 4.72. The van der Waals surface area contributed by atoms with Crippen LogP contribution in [0.25, 0.3) is 0 Å². The molecule has 0 saturated carbocycles. The molecule has 1 atom stereocenters. The van der Waals surface area contributed by atoms with Crippen LogP contribution in [0.3, 0.4) is 0 Å². The van der Waals surface area contributed by atoms with E-state index in [0.29, 0.717) is 12.1 Å². The number of nitrogens with one attached hydrogen (secondary N) is 2. The molecule has 1 aromatic rings. The maximum Gasteiger partial charge on any atom is 0.328 e. The maximum atomic E-state index is 12.0. The van der Waals surface area contributed by atoms with E-state index < -0.39 is 18.0 Å². The molecule has 0 aliphatic heterocycles. The number of esters is 1. The fourth-order valence-electron chi connectivity index (χ4n) is 2.02. The molecule has 5 nitrogen and oxygen atoms in total. The van der Waals surface area contributed by atoms with Crippen molar-refractivity contribution in [3.63, 3.8) is 0 Å². The molecule has 0 aliphatic carbocycles. The summed E-state index contributed by atoms with van der Waals surface area (Å²) in [5.41, 5.74) is 1.85. The highest BCUT2D eigenvalue weighted by atomic mass is 16.5. The van der Waals surface area contributed by atoms with Gasteiger partial charge in [0.05, 0.1) is 7.11 Å². The van der Waals surface area contributed by atoms with E-state index in [0.717, 1.165) is 12.0 Å². The van der Waals surface area contributed by atoms with Crippen molar-refractivity contribution in [3.8, 4) is 0 Å². The van der Waals surface area contributed by atoms with E-state index in [1.54, 1.807) is 0 Å². The van der Waals surface area contributed by atoms with E-state index in [9.17, 15) is 9.59 Å². The van der Waals surface area contributed by atoms with Crippen molar-refractivity contribution in [2.24, 2.45) is 5.92 Å². The monoisotopic (exact) mass is 292 g/mol. The molecular weight excluding hydrogens is 268 g/mol. The number of anilines is 1. The molecule has 0 saturated heterocycles. The van der Waals surface area contributed by atoms with Gasteiger partial charge in [0, 0.05) is 5.69 Å². The summed E-state index contributed by atoms with van der Waals surface area (Å²) in [6.45, 7) is 6.02. The minimum Gasteiger partial charge on any atom is -0.467 e. The molecule has 1 rings (SSSR count). The lowest BCUT2D eigenvalue weighted by Gasteiger charge is -2.18. The highest BCUT2D eigenvalue weighted by Gasteiger charge is 2.22. The molecule has 0 spiro atoms. The molecule has 0 radical (unpaired) electrons. The standard InChI is InChI=1S/C16H24N2O3/c1-5-12-7-6-8-13(10-12)17-16(20)18-14(9-11(2)3)15(19)21-4/h6-8,10-11,14H,5,9H2,1-4H3,(H2,17,18,20)/t14-/m0/s1. The van der Waals surface area contributed by atoms with Crippen LogP contribution in [0, 0.1) is 5.92 Å². The smallest absolute Gasteiger partial charge is 0.328 e. The van der Waals surface area contributed by atoms with Crippen LogP contribution in [0.2, 0.25) is 0 Å². The number of hydrogen-bond acceptors (Lipinski definition) is 3. The zero-order valence-electron chi connectivity index (χ0n) is 13.1. The van der Waals surface area contributed by atoms with Gasteiger partial charge in [-0.1, -0.05) is 32.9 Å². The number of amides is 2. The summed E-state index contributed by atoms with van der Waals surface area (Å²) in [6, 6.07) is 6.58. The summed E-state index contributed by atoms with van der Waals surface area (Å²) in [4.78, 5) is 23.7. The predicted octanol–water partition coefficient (Wildman–Crippen LogP) is 2.96. The molecule has 2 N–H and O–H groups in total. The second-order valence-corrected chi connectivity index (χ2v) is 5.36. The van der Waals surface area contributed by atoms with Gasteiger partial charge in [0.25, 0.3) is 0 Å². The lowest BCUT2D eigenvalue weighted by Crippen LogP contribution is -2.44. The van der Waals surface area contributed by atoms with Gasteiger partial charge in [-0.25, -0.2) is 9.59 Å². The van der Waals surface area contributed by atoms with Crippen molar-refractivity contribution in [1.82, 2.24) is 5.32 Å². The first kappa shape index (κ1) is 17.0. The van der Waals surface area contributed by atoms with Crippen molar-refractivity contribution < 1.29 is 14.3 Å². The van der Waals surface area contributed by atoms with Crippen LogP contribution in [0.15, 0.2) is 24.3 Å². The Bertz CT molecular complexity index is 486. The second kappa shape index (κ2) is 8.29. The SMILES string of the molecule is CCc1cccc(NC(=O)N[C@@H](CC(C)C)C(=O)OC)c1. The normalized spacial score (nSPS) is 11.9. The highest BCUT2D eigenvalue weighted by Crippen LogP contribution is 2.11. The molecule has 0 fully saturated rings. The zero-order valence-corrected chi connectivity index (χ0v) is 13.1. The summed E-state index contributed by atoms with van der Waals surface area (Å²) in [5, 5.41) is 5.40. The Morgan fingerprint density at radius 2 is 2.00 bits per heavy atom. The minimum atomic E-state index is -0.635. The number of benzene rings is 1. The lowest BCUT2D eigenvalue weighted by molar-refractivity contribution is -0.143. The third-order valence-corrected chi connectivity index (χ3v) is 3.09. The van der Waals surface area contributed by atoms with Gasteiger partial charge in [-0.2, -0.15) is 0 Å². The number of ether oxygens (including phenoxy) is 1. The van der Waals surface area contributed by atoms with Crippen LogP contribution in [-0.4, -0.2) is 25.2 Å². The Balaban J connectivity index is 2.66. The van der Waals surface area contributed by atoms with Crippen molar-refractivity contribution >= 4 is 17.7 Å². The number of hydrogen-bond donors (Lipinski definition) is 2. The molecule has 0 bridgehead atoms. The lowest BCUT2D eigenvalue weighted by atomic mass is 10.0. The second-order valence-electron chi connectivity index (χ2n) is 5.36. The third kappa shape index (κ3) is 5.85. The van der Waals surface area contributed by atoms with Gasteiger partial charge in [0.15, 0.2) is 0 Å². The highest BCUT2D eigenvalue weighted by molar-refractivity contribution is 5.92. The molecule has 0 aliphatic rings. The average Bonchev–Trinajstić information content (AvgIpc) is 2.45. The fourth-order valence-corrected chi connectivity index (χ4v) is 2.02. The number of carbonyl (C=O) groups is 2. The Labute approximate surface area is 126 Å². The molecule has 0 unspecified atom stereocenters. The predicted molar refractivity (Wildman–Crippen MR) is 83.2 cm³/mol. The van der Waals surface area contributed by atoms with Crippen LogP contribution in [-0.2, 0) is 16.0 Å². The van der Waals surface area contributed by atoms with E-state index in [1.807, 2.05) is 38.1 Å². The number of methoxy groups -OCH3 is 1. The minimum absolute atomic E-state index is 0.276. The first-order valence-electron chi connectivity index (χ1n) is 7.20. The quantitative estimate of drug-likeness (QED) is 0.792. The Hall–Kier alpha value is -2.04. The number of carbonyl (C=O) groups excluding carboxylic acids is 2. The Morgan fingerprint density at radius 1 is 1.29 bits per heavy atom. The van der Waals surface area contributed by atoms with Gasteiger partial charge in [-0.3, -0.25) is 0 Å². The van der Waals surface area contributed by atoms with Gasteiger partial charge in [-0.05, 0) is 36.5 Å². The van der Waals surface area contributed by atoms with E-state index in [4.69, 9.17) is 4.74 Å². The molecule has 0 aromatic heterocycles. The summed E-state index contributed by atoms with van der Waals surface area (Å²) >= 11 is 0. The molecule has 0 heterocycles. The van der Waals surface area contributed by atoms with Gasteiger partial charge in [0.1, 0.15) is 6.04 Å². The summed E-state index contributed by atoms with van der Waals surface area (Å²) in [5.74, 6) is -0.154. The van der Waals surface area contributed by atoms with E-state index in [-0.39, 0.29) is 5.92 Å². The van der Waals surface area contributed by atoms with E-state index >= 15 is 0 Å². The Morgan fingerprint density at radius 3 is 2.57 bits per heavy atom. The maximum absolute atomic E-state index is 12.0. The molecule has 2 amide bonds. The summed E-state index contributed by atoms with van der Waals surface area (Å²) in [6.07, 6.45) is 1.43. The molecule has 5 heteroatoms. The summed E-state index contributed by atoms with van der Waals surface area (Å²) in [7, 11) is 1.32. The van der Waals surface area contributed by atoms with Crippen LogP contribution < -0.4 is 10.6 Å². The number of aryl methyl sites for hydroxylation is 1. The first-order valence-corrected chi connectivity index (χ1v) is 7.20. The van der Waals surface area contributed by atoms with Gasteiger partial charge < -0.3 is 15.4 Å². The van der Waals surface area contributed by atoms with Crippen LogP contribution in [0.5, 0.6) is 0 Å². The first-order chi connectivity index (χ1) is 9.96. The van der Waals surface area contributed by atoms with Crippen molar-refractivity contribution in [2.45, 2.75) is 39.7 Å². The van der Waals surface area contributed by atoms with Crippen molar-refractivity contribution in [2.75, 3.05) is 12.4 Å². The van der Waals surface area contributed by atoms with Crippen LogP contribution in [0.1, 0.15) is 32.8 Å². The van der Waals surface area contributed by atoms with Gasteiger partial charge in [0.2, 0.25) is 0 Å². The fraction of sp³-hybridized carbons (Fsp3) is 0.500. The largest absolute Gasteiger partial charge is 0.467 e. The number of rotatable bonds is 6. The average molecular weight is 292 g/mol. The van der Waals surface area contributed by atoms with Crippen molar-refractivity contribution in [3.05, 3.63) is 29.8 Å². The van der Waals surface area contributed by atoms with E-state index in [2.05, 4.69) is 17.6 Å². The number of urea groups is 1. The van der Waals surface area contributed by atoms with Crippen LogP contribution in [0.4, 0.5) is 10.5 Å². The third-order valence-electron chi connectivity index (χ3n) is 3.09. The molecule has 1 aromatic carbocycles. The molecular formula is C16H24N2O3. The van der Waals surface area contributed by atoms with Crippen molar-refractivity contribution in [1.29, 1.82) is 0 Å². The van der Waals surface area contributed by atoms with E-state index in [1.165, 1.54) is 7.11 Å². The topological polar surface area (TPSA) is 67.4 Å². The molecule has 116 valence electrons. The van der Waals surface area contributed by atoms with Gasteiger partial charge >= 0.3 is 12.0 Å².